The fraction of sp³-hybridized carbons (Fsp3) is 0.281. The maximum atomic E-state index is 13.4. The number of hydrogen-bond acceptors (Lipinski definition) is 9. The summed E-state index contributed by atoms with van der Waals surface area (Å²) in [6.07, 6.45) is 0.523. The number of nitrogens with zero attached hydrogens (tertiary/aromatic N) is 2. The molecule has 0 fully saturated rings. The summed E-state index contributed by atoms with van der Waals surface area (Å²) in [5, 5.41) is 2.76. The summed E-state index contributed by atoms with van der Waals surface area (Å²) in [5.41, 5.74) is 1.78. The van der Waals surface area contributed by atoms with Crippen LogP contribution >= 0.6 is 0 Å². The smallest absolute Gasteiger partial charge is 0.407 e. The number of ether oxygens (including phenoxy) is 4. The van der Waals surface area contributed by atoms with E-state index in [2.05, 4.69) is 20.0 Å². The van der Waals surface area contributed by atoms with Gasteiger partial charge in [-0.2, -0.15) is 4.98 Å². The number of benzene rings is 3. The van der Waals surface area contributed by atoms with Crippen molar-refractivity contribution in [3.8, 4) is 23.1 Å². The zero-order valence-corrected chi connectivity index (χ0v) is 26.1. The molecule has 0 aliphatic rings. The highest BCUT2D eigenvalue weighted by molar-refractivity contribution is 7.92. The number of anilines is 1. The second-order valence-electron chi connectivity index (χ2n) is 10.8. The minimum atomic E-state index is -4.07. The van der Waals surface area contributed by atoms with Gasteiger partial charge in [0.2, 0.25) is 5.75 Å². The molecule has 0 aliphatic carbocycles. The highest BCUT2D eigenvalue weighted by atomic mass is 32.2. The lowest BCUT2D eigenvalue weighted by Gasteiger charge is -2.19. The maximum absolute atomic E-state index is 13.4. The lowest BCUT2D eigenvalue weighted by Crippen LogP contribution is -2.28. The Labute approximate surface area is 257 Å². The minimum Gasteiger partial charge on any atom is -0.497 e. The van der Waals surface area contributed by atoms with Crippen molar-refractivity contribution in [3.63, 3.8) is 0 Å². The second kappa shape index (κ2) is 14.1. The summed E-state index contributed by atoms with van der Waals surface area (Å²) in [5.74, 6) is 0.549. The summed E-state index contributed by atoms with van der Waals surface area (Å²) < 4.78 is 51.5. The first-order valence-corrected chi connectivity index (χ1v) is 15.4. The Morgan fingerprint density at radius 1 is 0.909 bits per heavy atom. The zero-order valence-electron chi connectivity index (χ0n) is 25.2. The molecule has 12 heteroatoms. The number of nitrogens with one attached hydrogen (secondary N) is 2. The van der Waals surface area contributed by atoms with Gasteiger partial charge in [0.25, 0.3) is 15.9 Å². The SMILES string of the molecule is COc1cccc(Oc2c(NS(=O)(=O)c3ccc(C(C)(C)C)cc3)ncnc2OCCOC(=O)N[C@H](C)c2ccccc2)c1. The fourth-order valence-electron chi connectivity index (χ4n) is 4.04. The standard InChI is InChI=1S/C32H36N4O7S/c1-22(23-10-7-6-8-11-23)35-31(37)42-19-18-41-30-28(43-26-13-9-12-25(20-26)40-5)29(33-21-34-30)36-44(38,39)27-16-14-24(15-17-27)32(2,3)4/h6-17,20-22H,18-19H2,1-5H3,(H,35,37)(H,33,34,36)/t22-/m1/s1. The van der Waals surface area contributed by atoms with Crippen LogP contribution in [0.2, 0.25) is 0 Å². The topological polar surface area (TPSA) is 138 Å². The lowest BCUT2D eigenvalue weighted by atomic mass is 9.87. The minimum absolute atomic E-state index is 0.0445. The third kappa shape index (κ3) is 8.60. The number of carbonyl (C=O) groups excluding carboxylic acids is 1. The molecular weight excluding hydrogens is 584 g/mol. The number of rotatable bonds is 12. The average molecular weight is 621 g/mol. The van der Waals surface area contributed by atoms with Crippen LogP contribution < -0.4 is 24.2 Å². The Bertz CT molecular complexity index is 1660. The van der Waals surface area contributed by atoms with E-state index in [1.165, 1.54) is 19.2 Å². The van der Waals surface area contributed by atoms with Crippen molar-refractivity contribution in [3.05, 3.63) is 96.3 Å². The van der Waals surface area contributed by atoms with Crippen molar-refractivity contribution in [1.29, 1.82) is 0 Å². The van der Waals surface area contributed by atoms with Crippen molar-refractivity contribution in [2.45, 2.75) is 44.0 Å². The first-order chi connectivity index (χ1) is 21.0. The van der Waals surface area contributed by atoms with Gasteiger partial charge in [-0.1, -0.05) is 69.3 Å². The van der Waals surface area contributed by atoms with Crippen molar-refractivity contribution in [1.82, 2.24) is 15.3 Å². The number of hydrogen-bond donors (Lipinski definition) is 2. The number of amides is 1. The molecule has 1 heterocycles. The molecular formula is C32H36N4O7S. The third-order valence-electron chi connectivity index (χ3n) is 6.48. The number of alkyl carbamates (subject to hydrolysis) is 1. The molecule has 0 saturated heterocycles. The average Bonchev–Trinajstić information content (AvgIpc) is 3.00. The van der Waals surface area contributed by atoms with E-state index in [9.17, 15) is 13.2 Å². The molecule has 1 atom stereocenters. The van der Waals surface area contributed by atoms with Crippen molar-refractivity contribution < 1.29 is 32.2 Å². The third-order valence-corrected chi connectivity index (χ3v) is 7.84. The number of methoxy groups -OCH3 is 1. The lowest BCUT2D eigenvalue weighted by molar-refractivity contribution is 0.120. The molecule has 2 N–H and O–H groups in total. The van der Waals surface area contributed by atoms with Crippen LogP contribution in [0.3, 0.4) is 0 Å². The summed E-state index contributed by atoms with van der Waals surface area (Å²) in [4.78, 5) is 20.6. The first-order valence-electron chi connectivity index (χ1n) is 13.9. The monoisotopic (exact) mass is 620 g/mol. The van der Waals surface area contributed by atoms with Crippen LogP contribution in [0.15, 0.2) is 90.1 Å². The van der Waals surface area contributed by atoms with Crippen LogP contribution in [0.1, 0.15) is 44.9 Å². The highest BCUT2D eigenvalue weighted by Crippen LogP contribution is 2.37. The van der Waals surface area contributed by atoms with Crippen molar-refractivity contribution in [2.24, 2.45) is 0 Å². The molecule has 0 radical (unpaired) electrons. The van der Waals surface area contributed by atoms with Gasteiger partial charge >= 0.3 is 6.09 Å². The van der Waals surface area contributed by atoms with Gasteiger partial charge in [-0.3, -0.25) is 4.72 Å². The van der Waals surface area contributed by atoms with Crippen molar-refractivity contribution in [2.75, 3.05) is 25.0 Å². The van der Waals surface area contributed by atoms with Gasteiger partial charge in [-0.05, 0) is 47.7 Å². The first kappa shape index (κ1) is 32.1. The molecule has 0 bridgehead atoms. The predicted molar refractivity (Wildman–Crippen MR) is 166 cm³/mol. The molecule has 3 aromatic carbocycles. The predicted octanol–water partition coefficient (Wildman–Crippen LogP) is 6.24. The van der Waals surface area contributed by atoms with Crippen LogP contribution in [0.4, 0.5) is 10.6 Å². The van der Waals surface area contributed by atoms with E-state index in [4.69, 9.17) is 18.9 Å². The van der Waals surface area contributed by atoms with Gasteiger partial charge in [-0.25, -0.2) is 18.2 Å². The van der Waals surface area contributed by atoms with E-state index in [1.54, 1.807) is 36.4 Å². The van der Waals surface area contributed by atoms with Gasteiger partial charge in [0.15, 0.2) is 5.82 Å². The highest BCUT2D eigenvalue weighted by Gasteiger charge is 2.23. The second-order valence-corrected chi connectivity index (χ2v) is 12.5. The number of carbonyl (C=O) groups is 1. The van der Waals surface area contributed by atoms with Crippen LogP contribution in [0.5, 0.6) is 23.1 Å². The Kier molecular flexibility index (Phi) is 10.3. The molecule has 0 aliphatic heterocycles. The molecule has 1 aromatic heterocycles. The summed E-state index contributed by atoms with van der Waals surface area (Å²) in [6.45, 7) is 7.76. The Morgan fingerprint density at radius 3 is 2.30 bits per heavy atom. The summed E-state index contributed by atoms with van der Waals surface area (Å²) >= 11 is 0. The Hall–Kier alpha value is -4.84. The molecule has 4 rings (SSSR count). The van der Waals surface area contributed by atoms with E-state index < -0.39 is 16.1 Å². The number of sulfonamides is 1. The molecule has 4 aromatic rings. The normalized spacial score (nSPS) is 12.1. The molecule has 0 spiro atoms. The number of aromatic nitrogens is 2. The maximum Gasteiger partial charge on any atom is 0.407 e. The van der Waals surface area contributed by atoms with E-state index >= 15 is 0 Å². The van der Waals surface area contributed by atoms with Gasteiger partial charge in [0.05, 0.1) is 18.0 Å². The van der Waals surface area contributed by atoms with Crippen LogP contribution in [-0.2, 0) is 20.2 Å². The largest absolute Gasteiger partial charge is 0.497 e. The fourth-order valence-corrected chi connectivity index (χ4v) is 5.06. The molecule has 0 unspecified atom stereocenters. The zero-order chi connectivity index (χ0) is 31.7. The summed E-state index contributed by atoms with van der Waals surface area (Å²) in [6, 6.07) is 22.5. The van der Waals surface area contributed by atoms with E-state index in [0.29, 0.717) is 11.5 Å². The van der Waals surface area contributed by atoms with Gasteiger partial charge in [0.1, 0.15) is 31.0 Å². The van der Waals surface area contributed by atoms with Crippen molar-refractivity contribution >= 4 is 21.9 Å². The summed E-state index contributed by atoms with van der Waals surface area (Å²) in [7, 11) is -2.55. The molecule has 44 heavy (non-hydrogen) atoms. The molecule has 0 saturated carbocycles. The Balaban J connectivity index is 1.51. The molecule has 232 valence electrons. The van der Waals surface area contributed by atoms with Gasteiger partial charge < -0.3 is 24.3 Å². The quantitative estimate of drug-likeness (QED) is 0.176. The van der Waals surface area contributed by atoms with Crippen LogP contribution in [0.25, 0.3) is 0 Å². The molecule has 11 nitrogen and oxygen atoms in total. The van der Waals surface area contributed by atoms with Gasteiger partial charge in [0, 0.05) is 6.07 Å². The van der Waals surface area contributed by atoms with E-state index in [1.807, 2.05) is 58.0 Å². The van der Waals surface area contributed by atoms with Crippen LogP contribution in [0, 0.1) is 0 Å². The van der Waals surface area contributed by atoms with Crippen LogP contribution in [-0.4, -0.2) is 44.8 Å². The Morgan fingerprint density at radius 2 is 1.61 bits per heavy atom. The van der Waals surface area contributed by atoms with Gasteiger partial charge in [-0.15, -0.1) is 0 Å². The molecule has 1 amide bonds. The van der Waals surface area contributed by atoms with E-state index in [0.717, 1.165) is 17.5 Å². The van der Waals surface area contributed by atoms with E-state index in [-0.39, 0.29) is 47.0 Å².